The molecule has 1 heterocycles. The van der Waals surface area contributed by atoms with Crippen molar-refractivity contribution in [2.75, 3.05) is 33.2 Å². The summed E-state index contributed by atoms with van der Waals surface area (Å²) < 4.78 is 38.2. The lowest BCUT2D eigenvalue weighted by atomic mass is 10.0. The molecule has 1 unspecified atom stereocenters. The first-order valence-electron chi connectivity index (χ1n) is 6.18. The van der Waals surface area contributed by atoms with Gasteiger partial charge in [-0.1, -0.05) is 6.92 Å². The summed E-state index contributed by atoms with van der Waals surface area (Å²) in [5, 5.41) is 0. The third-order valence-electron chi connectivity index (χ3n) is 3.40. The minimum absolute atomic E-state index is 0.0516. The van der Waals surface area contributed by atoms with Gasteiger partial charge in [0.2, 0.25) is 0 Å². The molecule has 1 rings (SSSR count). The molecule has 0 aromatic heterocycles. The summed E-state index contributed by atoms with van der Waals surface area (Å²) >= 11 is 0. The van der Waals surface area contributed by atoms with Crippen LogP contribution in [0.15, 0.2) is 11.6 Å². The number of halogens is 3. The van der Waals surface area contributed by atoms with Crippen molar-refractivity contribution in [2.24, 2.45) is 5.73 Å². The second-order valence-corrected chi connectivity index (χ2v) is 5.04. The molecule has 1 aliphatic rings. The van der Waals surface area contributed by atoms with Crippen molar-refractivity contribution in [2.45, 2.75) is 32.1 Å². The van der Waals surface area contributed by atoms with Crippen LogP contribution in [0.3, 0.4) is 0 Å². The van der Waals surface area contributed by atoms with Crippen LogP contribution in [-0.4, -0.2) is 54.9 Å². The summed E-state index contributed by atoms with van der Waals surface area (Å²) in [6.45, 7) is 6.17. The first-order valence-corrected chi connectivity index (χ1v) is 6.18. The lowest BCUT2D eigenvalue weighted by Gasteiger charge is -2.41. The number of likely N-dealkylation sites (N-methyl/N-ethyl adjacent to an activating group) is 1. The monoisotopic (exact) mass is 265 g/mol. The Kier molecular flexibility index (Phi) is 4.80. The van der Waals surface area contributed by atoms with Gasteiger partial charge >= 0.3 is 6.18 Å². The minimum atomic E-state index is -4.29. The van der Waals surface area contributed by atoms with Crippen molar-refractivity contribution in [3.8, 4) is 0 Å². The number of nitrogens with zero attached hydrogens (tertiary/aromatic N) is 2. The van der Waals surface area contributed by atoms with E-state index in [1.54, 1.807) is 6.92 Å². The van der Waals surface area contributed by atoms with Gasteiger partial charge in [0.1, 0.15) is 0 Å². The van der Waals surface area contributed by atoms with E-state index < -0.39 is 17.4 Å². The SMILES string of the molecule is CC/C(=C\C(C)(N)N1CCN(C)CC1)C(F)(F)F. The van der Waals surface area contributed by atoms with Gasteiger partial charge in [0.25, 0.3) is 0 Å². The molecule has 0 bridgehead atoms. The summed E-state index contributed by atoms with van der Waals surface area (Å²) in [6, 6.07) is 0. The molecule has 0 radical (unpaired) electrons. The predicted molar refractivity (Wildman–Crippen MR) is 66.1 cm³/mol. The Hall–Kier alpha value is -0.590. The fourth-order valence-corrected chi connectivity index (χ4v) is 2.12. The van der Waals surface area contributed by atoms with E-state index in [4.69, 9.17) is 5.73 Å². The Morgan fingerprint density at radius 3 is 2.11 bits per heavy atom. The van der Waals surface area contributed by atoms with Gasteiger partial charge in [-0.2, -0.15) is 13.2 Å². The Morgan fingerprint density at radius 2 is 1.72 bits per heavy atom. The van der Waals surface area contributed by atoms with Crippen molar-refractivity contribution in [1.82, 2.24) is 9.80 Å². The third kappa shape index (κ3) is 3.96. The van der Waals surface area contributed by atoms with E-state index in [2.05, 4.69) is 4.90 Å². The second kappa shape index (κ2) is 5.59. The minimum Gasteiger partial charge on any atom is -0.310 e. The highest BCUT2D eigenvalue weighted by molar-refractivity contribution is 5.16. The van der Waals surface area contributed by atoms with Crippen LogP contribution in [0.4, 0.5) is 13.2 Å². The zero-order valence-corrected chi connectivity index (χ0v) is 11.2. The maximum Gasteiger partial charge on any atom is 0.412 e. The standard InChI is InChI=1S/C12H22F3N3/c1-4-10(12(13,14)15)9-11(2,16)18-7-5-17(3)6-8-18/h9H,4-8,16H2,1-3H3/b10-9+. The normalized spacial score (nSPS) is 24.1. The van der Waals surface area contributed by atoms with Crippen LogP contribution in [0, 0.1) is 0 Å². The Bertz CT molecular complexity index is 302. The van der Waals surface area contributed by atoms with E-state index in [1.165, 1.54) is 13.0 Å². The van der Waals surface area contributed by atoms with Crippen molar-refractivity contribution >= 4 is 0 Å². The Labute approximate surface area is 106 Å². The van der Waals surface area contributed by atoms with Gasteiger partial charge in [0, 0.05) is 31.8 Å². The van der Waals surface area contributed by atoms with Crippen LogP contribution < -0.4 is 5.73 Å². The van der Waals surface area contributed by atoms with Gasteiger partial charge in [-0.15, -0.1) is 0 Å². The van der Waals surface area contributed by atoms with Crippen LogP contribution in [0.2, 0.25) is 0 Å². The molecule has 3 nitrogen and oxygen atoms in total. The Morgan fingerprint density at radius 1 is 1.22 bits per heavy atom. The smallest absolute Gasteiger partial charge is 0.310 e. The van der Waals surface area contributed by atoms with Gasteiger partial charge in [-0.25, -0.2) is 0 Å². The summed E-state index contributed by atoms with van der Waals surface area (Å²) in [6.07, 6.45) is -3.18. The van der Waals surface area contributed by atoms with Gasteiger partial charge < -0.3 is 10.6 Å². The molecule has 0 amide bonds. The number of rotatable bonds is 3. The highest BCUT2D eigenvalue weighted by Crippen LogP contribution is 2.30. The maximum absolute atomic E-state index is 12.7. The molecule has 1 fully saturated rings. The molecule has 0 saturated carbocycles. The van der Waals surface area contributed by atoms with Crippen molar-refractivity contribution in [3.05, 3.63) is 11.6 Å². The first-order chi connectivity index (χ1) is 8.16. The summed E-state index contributed by atoms with van der Waals surface area (Å²) in [7, 11) is 1.99. The van der Waals surface area contributed by atoms with Crippen molar-refractivity contribution in [1.29, 1.82) is 0 Å². The number of alkyl halides is 3. The number of nitrogens with two attached hydrogens (primary N) is 1. The van der Waals surface area contributed by atoms with E-state index in [1.807, 2.05) is 11.9 Å². The Balaban J connectivity index is 2.82. The zero-order valence-electron chi connectivity index (χ0n) is 11.2. The predicted octanol–water partition coefficient (Wildman–Crippen LogP) is 1.81. The number of allylic oxidation sites excluding steroid dienone is 1. The summed E-state index contributed by atoms with van der Waals surface area (Å²) in [5.41, 5.74) is 4.45. The zero-order chi connectivity index (χ0) is 14.0. The molecule has 18 heavy (non-hydrogen) atoms. The second-order valence-electron chi connectivity index (χ2n) is 5.04. The molecular formula is C12H22F3N3. The van der Waals surface area contributed by atoms with Crippen LogP contribution in [-0.2, 0) is 0 Å². The van der Waals surface area contributed by atoms with Gasteiger partial charge in [-0.3, -0.25) is 4.90 Å². The lowest BCUT2D eigenvalue weighted by Crippen LogP contribution is -2.59. The van der Waals surface area contributed by atoms with Gasteiger partial charge in [0.05, 0.1) is 5.66 Å². The number of hydrogen-bond donors (Lipinski definition) is 1. The molecular weight excluding hydrogens is 243 g/mol. The van der Waals surface area contributed by atoms with Crippen molar-refractivity contribution in [3.63, 3.8) is 0 Å². The number of piperazine rings is 1. The fourth-order valence-electron chi connectivity index (χ4n) is 2.12. The molecule has 1 aliphatic heterocycles. The molecule has 6 heteroatoms. The molecule has 2 N–H and O–H groups in total. The van der Waals surface area contributed by atoms with Crippen LogP contribution in [0.25, 0.3) is 0 Å². The largest absolute Gasteiger partial charge is 0.412 e. The summed E-state index contributed by atoms with van der Waals surface area (Å²) in [4.78, 5) is 4.04. The van der Waals surface area contributed by atoms with Gasteiger partial charge in [0.15, 0.2) is 0 Å². The van der Waals surface area contributed by atoms with E-state index >= 15 is 0 Å². The average molecular weight is 265 g/mol. The topological polar surface area (TPSA) is 32.5 Å². The molecule has 1 atom stereocenters. The highest BCUT2D eigenvalue weighted by Gasteiger charge is 2.36. The first kappa shape index (κ1) is 15.5. The average Bonchev–Trinajstić information content (AvgIpc) is 2.25. The van der Waals surface area contributed by atoms with E-state index in [0.717, 1.165) is 13.1 Å². The molecule has 0 aromatic carbocycles. The molecule has 0 aliphatic carbocycles. The third-order valence-corrected chi connectivity index (χ3v) is 3.40. The van der Waals surface area contributed by atoms with E-state index in [0.29, 0.717) is 13.1 Å². The summed E-state index contributed by atoms with van der Waals surface area (Å²) in [5.74, 6) is 0. The van der Waals surface area contributed by atoms with E-state index in [-0.39, 0.29) is 6.42 Å². The lowest BCUT2D eigenvalue weighted by molar-refractivity contribution is -0.0948. The number of hydrogen-bond acceptors (Lipinski definition) is 3. The van der Waals surface area contributed by atoms with Gasteiger partial charge in [-0.05, 0) is 26.5 Å². The van der Waals surface area contributed by atoms with Crippen LogP contribution in [0.5, 0.6) is 0 Å². The van der Waals surface area contributed by atoms with Crippen LogP contribution >= 0.6 is 0 Å². The molecule has 106 valence electrons. The van der Waals surface area contributed by atoms with Crippen molar-refractivity contribution < 1.29 is 13.2 Å². The van der Waals surface area contributed by atoms with Crippen LogP contribution in [0.1, 0.15) is 20.3 Å². The molecule has 1 saturated heterocycles. The maximum atomic E-state index is 12.7. The molecule has 0 spiro atoms. The fraction of sp³-hybridized carbons (Fsp3) is 0.833. The molecule has 0 aromatic rings. The highest BCUT2D eigenvalue weighted by atomic mass is 19.4. The quantitative estimate of drug-likeness (QED) is 0.790. The van der Waals surface area contributed by atoms with E-state index in [9.17, 15) is 13.2 Å².